The summed E-state index contributed by atoms with van der Waals surface area (Å²) in [6, 6.07) is 11.3. The van der Waals surface area contributed by atoms with Gasteiger partial charge in [0.2, 0.25) is 0 Å². The van der Waals surface area contributed by atoms with Gasteiger partial charge in [0.05, 0.1) is 16.4 Å². The normalized spacial score (nSPS) is 11.6. The van der Waals surface area contributed by atoms with Gasteiger partial charge in [0.25, 0.3) is 0 Å². The minimum atomic E-state index is -0.0512. The molecule has 4 rings (SSSR count). The Hall–Kier alpha value is -2.40. The van der Waals surface area contributed by atoms with Gasteiger partial charge in [0.15, 0.2) is 11.2 Å². The second-order valence-electron chi connectivity index (χ2n) is 6.16. The van der Waals surface area contributed by atoms with E-state index in [-0.39, 0.29) is 17.8 Å². The fraction of sp³-hybridized carbons (Fsp3) is 0.200. The number of carbonyl (C=O) groups excluding carboxylic acids is 1. The fourth-order valence-electron chi connectivity index (χ4n) is 3.30. The summed E-state index contributed by atoms with van der Waals surface area (Å²) in [5, 5.41) is 2.59. The van der Waals surface area contributed by atoms with Gasteiger partial charge in [-0.05, 0) is 36.8 Å². The van der Waals surface area contributed by atoms with Gasteiger partial charge in [-0.2, -0.15) is 0 Å². The van der Waals surface area contributed by atoms with Crippen LogP contribution in [0.5, 0.6) is 5.75 Å². The molecule has 0 unspecified atom stereocenters. The van der Waals surface area contributed by atoms with E-state index in [4.69, 9.17) is 4.74 Å². The Morgan fingerprint density at radius 3 is 2.72 bits per heavy atom. The van der Waals surface area contributed by atoms with Crippen LogP contribution in [0.3, 0.4) is 0 Å². The molecule has 25 heavy (non-hydrogen) atoms. The van der Waals surface area contributed by atoms with Crippen molar-refractivity contribution in [2.75, 3.05) is 6.61 Å². The number of pyridine rings is 1. The average Bonchev–Trinajstić information content (AvgIpc) is 2.90. The molecule has 0 radical (unpaired) electrons. The summed E-state index contributed by atoms with van der Waals surface area (Å²) in [7, 11) is 0. The molecule has 0 atom stereocenters. The first-order valence-corrected chi connectivity index (χ1v) is 9.02. The first-order valence-electron chi connectivity index (χ1n) is 8.22. The largest absolute Gasteiger partial charge is 0.486 e. The van der Waals surface area contributed by atoms with Crippen molar-refractivity contribution in [1.82, 2.24) is 4.40 Å². The summed E-state index contributed by atoms with van der Waals surface area (Å²) >= 11 is 3.51. The number of hydrogen-bond acceptors (Lipinski definition) is 3. The van der Waals surface area contributed by atoms with Gasteiger partial charge in [-0.15, -0.1) is 0 Å². The molecule has 2 heterocycles. The SMILES string of the molecule is CCCC(=O)COc1cc2c(=O)ccn3c4ccc(Br)cc4c(c1)c23. The first-order chi connectivity index (χ1) is 12.1. The Labute approximate surface area is 152 Å². The fourth-order valence-corrected chi connectivity index (χ4v) is 3.66. The maximum Gasteiger partial charge on any atom is 0.189 e. The van der Waals surface area contributed by atoms with E-state index in [0.29, 0.717) is 17.6 Å². The molecule has 126 valence electrons. The number of hydrogen-bond donors (Lipinski definition) is 0. The molecule has 0 bridgehead atoms. The highest BCUT2D eigenvalue weighted by Crippen LogP contribution is 2.35. The van der Waals surface area contributed by atoms with Crippen LogP contribution in [0.2, 0.25) is 0 Å². The van der Waals surface area contributed by atoms with Crippen molar-refractivity contribution in [1.29, 1.82) is 0 Å². The Balaban J connectivity index is 1.94. The quantitative estimate of drug-likeness (QED) is 0.496. The number of Topliss-reactive ketones (excluding diaryl/α,β-unsaturated/α-hetero) is 1. The minimum absolute atomic E-state index is 0.0329. The Morgan fingerprint density at radius 1 is 1.12 bits per heavy atom. The Morgan fingerprint density at radius 2 is 1.92 bits per heavy atom. The third-order valence-electron chi connectivity index (χ3n) is 4.40. The van der Waals surface area contributed by atoms with Crippen molar-refractivity contribution < 1.29 is 9.53 Å². The molecule has 0 spiro atoms. The molecule has 0 saturated heterocycles. The molecule has 0 aliphatic rings. The van der Waals surface area contributed by atoms with E-state index in [9.17, 15) is 9.59 Å². The predicted molar refractivity (Wildman–Crippen MR) is 103 cm³/mol. The highest BCUT2D eigenvalue weighted by Gasteiger charge is 2.15. The summed E-state index contributed by atoms with van der Waals surface area (Å²) in [6.45, 7) is 2.00. The van der Waals surface area contributed by atoms with Gasteiger partial charge < -0.3 is 9.14 Å². The van der Waals surface area contributed by atoms with E-state index in [1.54, 1.807) is 18.3 Å². The second kappa shape index (κ2) is 6.15. The Bertz CT molecular complexity index is 1160. The van der Waals surface area contributed by atoms with Crippen LogP contribution >= 0.6 is 15.9 Å². The molecule has 0 aliphatic heterocycles. The van der Waals surface area contributed by atoms with Crippen molar-refractivity contribution in [2.45, 2.75) is 19.8 Å². The maximum absolute atomic E-state index is 12.4. The van der Waals surface area contributed by atoms with E-state index in [1.807, 2.05) is 35.6 Å². The van der Waals surface area contributed by atoms with Crippen LogP contribution in [0.4, 0.5) is 0 Å². The monoisotopic (exact) mass is 397 g/mol. The Kier molecular flexibility index (Phi) is 3.96. The van der Waals surface area contributed by atoms with Crippen molar-refractivity contribution in [3.05, 3.63) is 57.3 Å². The van der Waals surface area contributed by atoms with Crippen LogP contribution in [0.1, 0.15) is 19.8 Å². The van der Waals surface area contributed by atoms with Crippen LogP contribution in [-0.2, 0) is 4.79 Å². The zero-order valence-corrected chi connectivity index (χ0v) is 15.3. The summed E-state index contributed by atoms with van der Waals surface area (Å²) in [5.74, 6) is 0.613. The first kappa shape index (κ1) is 16.1. The van der Waals surface area contributed by atoms with Crippen LogP contribution in [-0.4, -0.2) is 16.8 Å². The number of rotatable bonds is 5. The topological polar surface area (TPSA) is 47.8 Å². The lowest BCUT2D eigenvalue weighted by atomic mass is 10.1. The number of nitrogens with zero attached hydrogens (tertiary/aromatic N) is 1. The van der Waals surface area contributed by atoms with Crippen LogP contribution in [0, 0.1) is 0 Å². The predicted octanol–water partition coefficient (Wildman–Crippen LogP) is 4.55. The number of ketones is 1. The zero-order valence-electron chi connectivity index (χ0n) is 13.7. The van der Waals surface area contributed by atoms with Crippen LogP contribution in [0.15, 0.2) is 51.9 Å². The number of aromatic nitrogens is 1. The van der Waals surface area contributed by atoms with Crippen LogP contribution in [0.25, 0.3) is 27.2 Å². The molecule has 0 aliphatic carbocycles. The minimum Gasteiger partial charge on any atom is -0.486 e. The molecule has 4 nitrogen and oxygen atoms in total. The molecule has 0 N–H and O–H groups in total. The van der Waals surface area contributed by atoms with Crippen molar-refractivity contribution in [2.24, 2.45) is 0 Å². The lowest BCUT2D eigenvalue weighted by Gasteiger charge is -2.07. The highest BCUT2D eigenvalue weighted by molar-refractivity contribution is 9.10. The lowest BCUT2D eigenvalue weighted by Crippen LogP contribution is -2.11. The standard InChI is InChI=1S/C20H16BrNO3/c1-2-3-13(23)11-25-14-9-16-15-8-12(21)4-5-18(15)22-7-6-19(24)17(10-14)20(16)22/h4-10H,2-3,11H2,1H3. The molecule has 2 aromatic heterocycles. The van der Waals surface area contributed by atoms with Gasteiger partial charge in [-0.1, -0.05) is 22.9 Å². The molecule has 4 aromatic rings. The molecular formula is C20H16BrNO3. The van der Waals surface area contributed by atoms with Gasteiger partial charge in [0.1, 0.15) is 12.4 Å². The molecule has 0 saturated carbocycles. The third kappa shape index (κ3) is 2.68. The van der Waals surface area contributed by atoms with E-state index in [1.165, 1.54) is 0 Å². The summed E-state index contributed by atoms with van der Waals surface area (Å²) in [5.41, 5.74) is 1.86. The maximum atomic E-state index is 12.4. The number of benzene rings is 2. The summed E-state index contributed by atoms with van der Waals surface area (Å²) in [6.07, 6.45) is 3.11. The summed E-state index contributed by atoms with van der Waals surface area (Å²) < 4.78 is 8.68. The molecular weight excluding hydrogens is 382 g/mol. The lowest BCUT2D eigenvalue weighted by molar-refractivity contribution is -0.121. The van der Waals surface area contributed by atoms with E-state index in [2.05, 4.69) is 15.9 Å². The molecule has 2 aromatic carbocycles. The van der Waals surface area contributed by atoms with Gasteiger partial charge >= 0.3 is 0 Å². The van der Waals surface area contributed by atoms with Crippen LogP contribution < -0.4 is 10.2 Å². The van der Waals surface area contributed by atoms with Crippen molar-refractivity contribution in [3.63, 3.8) is 0 Å². The average molecular weight is 398 g/mol. The second-order valence-corrected chi connectivity index (χ2v) is 7.07. The number of carbonyl (C=O) groups is 1. The van der Waals surface area contributed by atoms with E-state index in [0.717, 1.165) is 32.7 Å². The van der Waals surface area contributed by atoms with Gasteiger partial charge in [0, 0.05) is 33.9 Å². The smallest absolute Gasteiger partial charge is 0.189 e. The zero-order chi connectivity index (χ0) is 17.6. The highest BCUT2D eigenvalue weighted by atomic mass is 79.9. The van der Waals surface area contributed by atoms with Crippen molar-refractivity contribution >= 4 is 48.9 Å². The number of halogens is 1. The van der Waals surface area contributed by atoms with Gasteiger partial charge in [-0.25, -0.2) is 0 Å². The number of ether oxygens (including phenoxy) is 1. The molecule has 0 fully saturated rings. The molecule has 5 heteroatoms. The molecule has 0 amide bonds. The van der Waals surface area contributed by atoms with E-state index >= 15 is 0 Å². The van der Waals surface area contributed by atoms with E-state index < -0.39 is 0 Å². The van der Waals surface area contributed by atoms with Crippen molar-refractivity contribution in [3.8, 4) is 5.75 Å². The number of fused-ring (bicyclic) bond motifs is 3. The summed E-state index contributed by atoms with van der Waals surface area (Å²) in [4.78, 5) is 24.1. The van der Waals surface area contributed by atoms with Gasteiger partial charge in [-0.3, -0.25) is 9.59 Å². The third-order valence-corrected chi connectivity index (χ3v) is 4.89.